The van der Waals surface area contributed by atoms with Crippen LogP contribution in [0.1, 0.15) is 41.3 Å². The third-order valence-corrected chi connectivity index (χ3v) is 6.06. The molecule has 1 atom stereocenters. The number of benzene rings is 1. The largest absolute Gasteiger partial charge is 0.329 e. The highest BCUT2D eigenvalue weighted by atomic mass is 19.1. The normalized spacial score (nSPS) is 19.7. The van der Waals surface area contributed by atoms with Crippen LogP contribution in [-0.2, 0) is 19.4 Å². The third-order valence-electron chi connectivity index (χ3n) is 6.06. The second-order valence-corrected chi connectivity index (χ2v) is 7.72. The number of fused-ring (bicyclic) bond motifs is 5. The molecule has 1 saturated heterocycles. The van der Waals surface area contributed by atoms with E-state index in [0.717, 1.165) is 31.6 Å². The predicted octanol–water partition coefficient (Wildman–Crippen LogP) is 4.42. The molecule has 0 spiro atoms. The van der Waals surface area contributed by atoms with Crippen molar-refractivity contribution in [2.75, 3.05) is 13.1 Å². The van der Waals surface area contributed by atoms with Crippen LogP contribution in [0.5, 0.6) is 0 Å². The van der Waals surface area contributed by atoms with Crippen molar-refractivity contribution < 1.29 is 4.39 Å². The van der Waals surface area contributed by atoms with Crippen LogP contribution in [0, 0.1) is 12.7 Å². The van der Waals surface area contributed by atoms with Gasteiger partial charge in [0.25, 0.3) is 0 Å². The van der Waals surface area contributed by atoms with Crippen LogP contribution < -0.4 is 0 Å². The number of hydrogen-bond donors (Lipinski definition) is 0. The van der Waals surface area contributed by atoms with Gasteiger partial charge in [-0.1, -0.05) is 12.1 Å². The van der Waals surface area contributed by atoms with Crippen molar-refractivity contribution in [3.63, 3.8) is 0 Å². The Morgan fingerprint density at radius 1 is 1.19 bits per heavy atom. The number of pyridine rings is 1. The quantitative estimate of drug-likeness (QED) is 0.698. The summed E-state index contributed by atoms with van der Waals surface area (Å²) in [6.07, 6.45) is 6.54. The lowest BCUT2D eigenvalue weighted by Crippen LogP contribution is -2.31. The van der Waals surface area contributed by atoms with E-state index in [1.165, 1.54) is 47.2 Å². The van der Waals surface area contributed by atoms with Gasteiger partial charge in [-0.15, -0.1) is 0 Å². The van der Waals surface area contributed by atoms with E-state index in [1.807, 2.05) is 18.3 Å². The summed E-state index contributed by atoms with van der Waals surface area (Å²) in [6.45, 7) is 5.42. The zero-order valence-corrected chi connectivity index (χ0v) is 15.2. The molecule has 1 unspecified atom stereocenters. The van der Waals surface area contributed by atoms with Crippen LogP contribution in [0.25, 0.3) is 11.0 Å². The molecule has 5 rings (SSSR count). The van der Waals surface area contributed by atoms with Gasteiger partial charge in [-0.05, 0) is 67.6 Å². The summed E-state index contributed by atoms with van der Waals surface area (Å²) >= 11 is 0. The lowest BCUT2D eigenvalue weighted by Gasteiger charge is -2.31. The molecular formula is C22H24FN3. The first-order chi connectivity index (χ1) is 12.7. The highest BCUT2D eigenvalue weighted by Gasteiger charge is 2.35. The fourth-order valence-electron chi connectivity index (χ4n) is 4.85. The van der Waals surface area contributed by atoms with Gasteiger partial charge in [0.05, 0.1) is 0 Å². The molecule has 1 aromatic carbocycles. The van der Waals surface area contributed by atoms with Crippen molar-refractivity contribution >= 4 is 11.0 Å². The Labute approximate surface area is 153 Å². The molecule has 2 aliphatic heterocycles. The van der Waals surface area contributed by atoms with E-state index in [2.05, 4.69) is 22.5 Å². The molecule has 4 heterocycles. The second-order valence-electron chi connectivity index (χ2n) is 7.72. The van der Waals surface area contributed by atoms with E-state index >= 15 is 0 Å². The number of aryl methyl sites for hydroxylation is 3. The van der Waals surface area contributed by atoms with Crippen LogP contribution in [-0.4, -0.2) is 27.5 Å². The van der Waals surface area contributed by atoms with Gasteiger partial charge < -0.3 is 4.57 Å². The Morgan fingerprint density at radius 2 is 2.04 bits per heavy atom. The highest BCUT2D eigenvalue weighted by Crippen LogP contribution is 2.42. The maximum Gasteiger partial charge on any atom is 0.140 e. The average molecular weight is 349 g/mol. The molecule has 0 bridgehead atoms. The van der Waals surface area contributed by atoms with Crippen LogP contribution in [0.15, 0.2) is 36.5 Å². The molecule has 2 aromatic heterocycles. The Kier molecular flexibility index (Phi) is 3.82. The van der Waals surface area contributed by atoms with E-state index < -0.39 is 0 Å². The van der Waals surface area contributed by atoms with Gasteiger partial charge in [-0.3, -0.25) is 4.90 Å². The molecule has 0 aliphatic carbocycles. The van der Waals surface area contributed by atoms with Crippen LogP contribution >= 0.6 is 0 Å². The Bertz CT molecular complexity index is 958. The topological polar surface area (TPSA) is 21.1 Å². The molecule has 26 heavy (non-hydrogen) atoms. The predicted molar refractivity (Wildman–Crippen MR) is 102 cm³/mol. The van der Waals surface area contributed by atoms with Crippen molar-refractivity contribution in [3.05, 3.63) is 64.7 Å². The maximum absolute atomic E-state index is 13.2. The smallest absolute Gasteiger partial charge is 0.140 e. The van der Waals surface area contributed by atoms with Gasteiger partial charge in [0.15, 0.2) is 0 Å². The van der Waals surface area contributed by atoms with Crippen LogP contribution in [0.4, 0.5) is 4.39 Å². The average Bonchev–Trinajstić information content (AvgIpc) is 3.23. The minimum absolute atomic E-state index is 0.170. The molecule has 0 amide bonds. The number of rotatable bonds is 3. The zero-order valence-electron chi connectivity index (χ0n) is 15.2. The summed E-state index contributed by atoms with van der Waals surface area (Å²) in [5.41, 5.74) is 6.53. The Hall–Kier alpha value is -2.20. The molecule has 134 valence electrons. The zero-order chi connectivity index (χ0) is 17.7. The van der Waals surface area contributed by atoms with E-state index in [4.69, 9.17) is 4.98 Å². The fraction of sp³-hybridized carbons (Fsp3) is 0.409. The lowest BCUT2D eigenvalue weighted by atomic mass is 9.96. The molecule has 3 aromatic rings. The highest BCUT2D eigenvalue weighted by molar-refractivity contribution is 5.84. The Balaban J connectivity index is 1.57. The summed E-state index contributed by atoms with van der Waals surface area (Å²) in [7, 11) is 0. The van der Waals surface area contributed by atoms with Gasteiger partial charge in [0, 0.05) is 42.8 Å². The summed E-state index contributed by atoms with van der Waals surface area (Å²) in [5, 5.41) is 1.34. The molecule has 0 N–H and O–H groups in total. The van der Waals surface area contributed by atoms with E-state index in [-0.39, 0.29) is 5.82 Å². The van der Waals surface area contributed by atoms with Gasteiger partial charge >= 0.3 is 0 Å². The first-order valence-corrected chi connectivity index (χ1v) is 9.67. The second kappa shape index (κ2) is 6.20. The molecule has 4 heteroatoms. The minimum Gasteiger partial charge on any atom is -0.329 e. The molecule has 0 radical (unpaired) electrons. The van der Waals surface area contributed by atoms with Gasteiger partial charge in [-0.25, -0.2) is 9.37 Å². The first-order valence-electron chi connectivity index (χ1n) is 9.67. The number of nitrogens with zero attached hydrogens (tertiary/aromatic N) is 3. The van der Waals surface area contributed by atoms with Gasteiger partial charge in [-0.2, -0.15) is 0 Å². The van der Waals surface area contributed by atoms with Crippen molar-refractivity contribution in [2.45, 2.75) is 45.2 Å². The third kappa shape index (κ3) is 2.55. The molecular weight excluding hydrogens is 325 g/mol. The monoisotopic (exact) mass is 349 g/mol. The Morgan fingerprint density at radius 3 is 2.88 bits per heavy atom. The van der Waals surface area contributed by atoms with Crippen molar-refractivity contribution in [1.82, 2.24) is 14.5 Å². The number of halogens is 1. The summed E-state index contributed by atoms with van der Waals surface area (Å²) in [5.74, 6) is -0.170. The number of hydrogen-bond acceptors (Lipinski definition) is 2. The van der Waals surface area contributed by atoms with Crippen molar-refractivity contribution in [1.29, 1.82) is 0 Å². The van der Waals surface area contributed by atoms with Crippen molar-refractivity contribution in [3.8, 4) is 0 Å². The molecule has 1 fully saturated rings. The summed E-state index contributed by atoms with van der Waals surface area (Å²) in [6, 6.07) is 9.77. The first kappa shape index (κ1) is 16.0. The van der Waals surface area contributed by atoms with E-state index in [1.54, 1.807) is 12.1 Å². The standard InChI is InChI=1S/C22H24FN3/c1-15-13-18-21-19-3-2-10-25(19)11-9-20(21)26(22(18)24-14-15)12-8-16-4-6-17(23)7-5-16/h4-7,13-14,19H,2-3,8-12H2,1H3. The van der Waals surface area contributed by atoms with Crippen molar-refractivity contribution in [2.24, 2.45) is 0 Å². The molecule has 3 nitrogen and oxygen atoms in total. The number of aromatic nitrogens is 2. The maximum atomic E-state index is 13.2. The van der Waals surface area contributed by atoms with Crippen LogP contribution in [0.2, 0.25) is 0 Å². The van der Waals surface area contributed by atoms with E-state index in [0.29, 0.717) is 6.04 Å². The summed E-state index contributed by atoms with van der Waals surface area (Å²) < 4.78 is 15.6. The lowest BCUT2D eigenvalue weighted by molar-refractivity contribution is 0.242. The fourth-order valence-corrected chi connectivity index (χ4v) is 4.85. The SMILES string of the molecule is Cc1cnc2c(c1)c1c(n2CCc2ccc(F)cc2)CCN2CCCC12. The van der Waals surface area contributed by atoms with Crippen LogP contribution in [0.3, 0.4) is 0 Å². The summed E-state index contributed by atoms with van der Waals surface area (Å²) in [4.78, 5) is 7.46. The van der Waals surface area contributed by atoms with Gasteiger partial charge in [0.2, 0.25) is 0 Å². The van der Waals surface area contributed by atoms with E-state index in [9.17, 15) is 4.39 Å². The van der Waals surface area contributed by atoms with Gasteiger partial charge in [0.1, 0.15) is 11.5 Å². The minimum atomic E-state index is -0.170. The molecule has 0 saturated carbocycles. The molecule has 2 aliphatic rings.